The number of carbonyl (C=O) groups is 2. The van der Waals surface area contributed by atoms with Crippen molar-refractivity contribution in [1.82, 2.24) is 15.2 Å². The van der Waals surface area contributed by atoms with Crippen molar-refractivity contribution in [3.05, 3.63) is 29.2 Å². The summed E-state index contributed by atoms with van der Waals surface area (Å²) >= 11 is 1.58. The molecule has 0 aromatic carbocycles. The third kappa shape index (κ3) is 8.38. The molecule has 1 spiro atoms. The van der Waals surface area contributed by atoms with Gasteiger partial charge in [-0.3, -0.25) is 0 Å². The molecule has 37 heavy (non-hydrogen) atoms. The van der Waals surface area contributed by atoms with Crippen LogP contribution < -0.4 is 9.64 Å². The quantitative estimate of drug-likeness (QED) is 0.533. The number of alkyl halides is 6. The van der Waals surface area contributed by atoms with Crippen molar-refractivity contribution >= 4 is 28.4 Å². The van der Waals surface area contributed by atoms with E-state index in [1.54, 1.807) is 17.4 Å². The highest BCUT2D eigenvalue weighted by atomic mass is 32.1. The van der Waals surface area contributed by atoms with Crippen LogP contribution in [0.1, 0.15) is 11.4 Å². The summed E-state index contributed by atoms with van der Waals surface area (Å²) in [7, 11) is 0. The zero-order chi connectivity index (χ0) is 28.0. The first kappa shape index (κ1) is 29.9. The average Bonchev–Trinajstić information content (AvgIpc) is 3.37. The lowest BCUT2D eigenvalue weighted by Crippen LogP contribution is -2.65. The van der Waals surface area contributed by atoms with Gasteiger partial charge in [0.2, 0.25) is 11.0 Å². The van der Waals surface area contributed by atoms with E-state index in [1.807, 2.05) is 6.92 Å². The second kappa shape index (κ2) is 11.8. The lowest BCUT2D eigenvalue weighted by molar-refractivity contribution is -0.193. The molecule has 4 rings (SSSR count). The Labute approximate surface area is 207 Å². The van der Waals surface area contributed by atoms with Crippen molar-refractivity contribution in [2.75, 3.05) is 31.2 Å². The predicted molar refractivity (Wildman–Crippen MR) is 111 cm³/mol. The minimum Gasteiger partial charge on any atom is -0.475 e. The summed E-state index contributed by atoms with van der Waals surface area (Å²) in [6.07, 6.45) is -7.72. The van der Waals surface area contributed by atoms with Crippen LogP contribution >= 0.6 is 11.3 Å². The Bertz CT molecular complexity index is 1050. The third-order valence-corrected chi connectivity index (χ3v) is 5.83. The molecule has 10 nitrogen and oxygen atoms in total. The van der Waals surface area contributed by atoms with E-state index in [-0.39, 0.29) is 17.4 Å². The van der Waals surface area contributed by atoms with Crippen molar-refractivity contribution < 1.29 is 60.0 Å². The lowest BCUT2D eigenvalue weighted by atomic mass is 9.81. The second-order valence-corrected chi connectivity index (χ2v) is 8.73. The van der Waals surface area contributed by atoms with Crippen molar-refractivity contribution in [3.8, 4) is 5.88 Å². The number of pyridine rings is 1. The van der Waals surface area contributed by atoms with Crippen LogP contribution in [0.25, 0.3) is 0 Å². The summed E-state index contributed by atoms with van der Waals surface area (Å²) in [4.78, 5) is 23.9. The van der Waals surface area contributed by atoms with Gasteiger partial charge in [0.05, 0.1) is 19.7 Å². The number of hydrogen-bond acceptors (Lipinski definition) is 9. The number of aromatic nitrogens is 3. The molecular weight excluding hydrogens is 545 g/mol. The van der Waals surface area contributed by atoms with Gasteiger partial charge in [-0.15, -0.1) is 10.2 Å². The first-order chi connectivity index (χ1) is 17.0. The molecule has 206 valence electrons. The SMILES string of the molecule is Cc1nnc(N2CC3(C2)OCCC3COc2ncccc2F)s1.O=C(O)C(F)(F)F.O=C(O)C(F)(F)F. The number of rotatable bonds is 4. The minimum atomic E-state index is -5.08. The molecule has 0 radical (unpaired) electrons. The molecule has 2 aliphatic rings. The van der Waals surface area contributed by atoms with Gasteiger partial charge >= 0.3 is 24.3 Å². The Morgan fingerprint density at radius 1 is 1.16 bits per heavy atom. The van der Waals surface area contributed by atoms with Crippen LogP contribution in [-0.4, -0.2) is 81.6 Å². The average molecular weight is 564 g/mol. The fourth-order valence-corrected chi connectivity index (χ4v) is 3.86. The van der Waals surface area contributed by atoms with Crippen LogP contribution in [0, 0.1) is 18.7 Å². The summed E-state index contributed by atoms with van der Waals surface area (Å²) in [6, 6.07) is 2.91. The Morgan fingerprint density at radius 2 is 1.73 bits per heavy atom. The number of carboxylic acids is 2. The topological polar surface area (TPSA) is 135 Å². The van der Waals surface area contributed by atoms with Crippen LogP contribution in [0.5, 0.6) is 5.88 Å². The smallest absolute Gasteiger partial charge is 0.475 e. The maximum absolute atomic E-state index is 13.6. The van der Waals surface area contributed by atoms with Gasteiger partial charge in [0.25, 0.3) is 0 Å². The number of nitrogens with zero attached hydrogens (tertiary/aromatic N) is 4. The zero-order valence-corrected chi connectivity index (χ0v) is 19.5. The maximum Gasteiger partial charge on any atom is 0.490 e. The van der Waals surface area contributed by atoms with Crippen LogP contribution in [-0.2, 0) is 14.3 Å². The Hall–Kier alpha value is -3.28. The molecule has 2 aromatic rings. The van der Waals surface area contributed by atoms with Gasteiger partial charge < -0.3 is 24.6 Å². The molecule has 2 aromatic heterocycles. The minimum absolute atomic E-state index is 0.0606. The lowest BCUT2D eigenvalue weighted by Gasteiger charge is -2.49. The number of carboxylic acid groups (broad SMARTS) is 2. The van der Waals surface area contributed by atoms with Gasteiger partial charge in [0, 0.05) is 18.7 Å². The molecular formula is C19H19F7N4O6S. The van der Waals surface area contributed by atoms with Crippen molar-refractivity contribution in [3.63, 3.8) is 0 Å². The molecule has 2 aliphatic heterocycles. The molecule has 1 unspecified atom stereocenters. The van der Waals surface area contributed by atoms with E-state index in [9.17, 15) is 30.7 Å². The second-order valence-electron chi connectivity index (χ2n) is 7.57. The number of ether oxygens (including phenoxy) is 2. The molecule has 0 saturated carbocycles. The van der Waals surface area contributed by atoms with Crippen molar-refractivity contribution in [2.24, 2.45) is 5.92 Å². The Balaban J connectivity index is 0.000000286. The normalized spacial score (nSPS) is 18.2. The molecule has 0 amide bonds. The maximum atomic E-state index is 13.6. The fraction of sp³-hybridized carbons (Fsp3) is 0.526. The monoisotopic (exact) mass is 564 g/mol. The number of hydrogen-bond donors (Lipinski definition) is 2. The molecule has 2 fully saturated rings. The molecule has 0 bridgehead atoms. The van der Waals surface area contributed by atoms with Gasteiger partial charge in [-0.25, -0.2) is 19.0 Å². The molecule has 2 N–H and O–H groups in total. The molecule has 18 heteroatoms. The van der Waals surface area contributed by atoms with E-state index in [1.165, 1.54) is 12.3 Å². The van der Waals surface area contributed by atoms with Crippen LogP contribution in [0.15, 0.2) is 18.3 Å². The first-order valence-electron chi connectivity index (χ1n) is 10.1. The number of aryl methyl sites for hydroxylation is 1. The molecule has 0 aliphatic carbocycles. The highest BCUT2D eigenvalue weighted by Crippen LogP contribution is 2.42. The summed E-state index contributed by atoms with van der Waals surface area (Å²) in [6.45, 7) is 4.63. The number of halogens is 7. The number of aliphatic carboxylic acids is 2. The first-order valence-corrected chi connectivity index (χ1v) is 10.9. The van der Waals surface area contributed by atoms with Crippen LogP contribution in [0.2, 0.25) is 0 Å². The highest BCUT2D eigenvalue weighted by Gasteiger charge is 2.54. The van der Waals surface area contributed by atoms with Gasteiger partial charge in [-0.2, -0.15) is 26.3 Å². The van der Waals surface area contributed by atoms with Gasteiger partial charge in [-0.1, -0.05) is 11.3 Å². The summed E-state index contributed by atoms with van der Waals surface area (Å²) in [5, 5.41) is 24.4. The van der Waals surface area contributed by atoms with Gasteiger partial charge in [-0.05, 0) is 25.5 Å². The van der Waals surface area contributed by atoms with Crippen molar-refractivity contribution in [1.29, 1.82) is 0 Å². The summed E-state index contributed by atoms with van der Waals surface area (Å²) < 4.78 is 88.6. The van der Waals surface area contributed by atoms with E-state index < -0.39 is 30.1 Å². The predicted octanol–water partition coefficient (Wildman–Crippen LogP) is 3.32. The van der Waals surface area contributed by atoms with E-state index in [0.29, 0.717) is 13.2 Å². The van der Waals surface area contributed by atoms with Crippen LogP contribution in [0.4, 0.5) is 35.9 Å². The molecule has 1 atom stereocenters. The van der Waals surface area contributed by atoms with Crippen molar-refractivity contribution in [2.45, 2.75) is 31.3 Å². The summed E-state index contributed by atoms with van der Waals surface area (Å²) in [5.74, 6) is -5.65. The third-order valence-electron chi connectivity index (χ3n) is 4.93. The molecule has 4 heterocycles. The summed E-state index contributed by atoms with van der Waals surface area (Å²) in [5.41, 5.74) is -0.217. The van der Waals surface area contributed by atoms with Gasteiger partial charge in [0.1, 0.15) is 10.6 Å². The van der Waals surface area contributed by atoms with E-state index >= 15 is 0 Å². The fourth-order valence-electron chi connectivity index (χ4n) is 3.18. The highest BCUT2D eigenvalue weighted by molar-refractivity contribution is 7.15. The zero-order valence-electron chi connectivity index (χ0n) is 18.7. The van der Waals surface area contributed by atoms with Gasteiger partial charge in [0.15, 0.2) is 5.82 Å². The standard InChI is InChI=1S/C15H17FN4O2S.2C2HF3O2/c1-10-18-19-14(23-10)20-8-15(9-20)11(4-6-22-15)7-21-13-12(16)3-2-5-17-13;2*3-2(4,5)1(6)7/h2-3,5,11H,4,6-9H2,1H3;2*(H,6,7). The van der Waals surface area contributed by atoms with E-state index in [0.717, 1.165) is 29.6 Å². The van der Waals surface area contributed by atoms with E-state index in [2.05, 4.69) is 20.1 Å². The molecule has 2 saturated heterocycles. The van der Waals surface area contributed by atoms with E-state index in [4.69, 9.17) is 29.3 Å². The number of anilines is 1. The Kier molecular flexibility index (Phi) is 9.59. The Morgan fingerprint density at radius 3 is 2.19 bits per heavy atom. The largest absolute Gasteiger partial charge is 0.490 e. The van der Waals surface area contributed by atoms with Crippen LogP contribution in [0.3, 0.4) is 0 Å².